The first kappa shape index (κ1) is 20.1. The number of halogens is 1. The van der Waals surface area contributed by atoms with Crippen LogP contribution >= 0.6 is 0 Å². The molecular formula is CAlCuF. The molecule has 0 bridgehead atoms. The second-order valence-electron chi connectivity index (χ2n) is 0. The molecule has 0 unspecified atom stereocenters. The molecule has 0 aromatic rings. The minimum Gasteiger partial charge on any atom is -0.232 e. The average Bonchev–Trinajstić information content (AvgIpc) is 1.00. The van der Waals surface area contributed by atoms with E-state index in [4.69, 9.17) is 4.39 Å². The Morgan fingerprint density at radius 3 is 1.25 bits per heavy atom. The molecule has 0 saturated carbocycles. The fourth-order valence-corrected chi connectivity index (χ4v) is 0. The van der Waals surface area contributed by atoms with E-state index in [-0.39, 0.29) is 34.4 Å². The molecule has 0 fully saturated rings. The number of rotatable bonds is 0. The maximum absolute atomic E-state index is 8.75. The van der Waals surface area contributed by atoms with Gasteiger partial charge in [-0.1, -0.05) is 0 Å². The van der Waals surface area contributed by atoms with Crippen LogP contribution in [-0.4, -0.2) is 17.4 Å². The van der Waals surface area contributed by atoms with Crippen LogP contribution in [-0.2, 0) is 17.1 Å². The van der Waals surface area contributed by atoms with E-state index >= 15 is 0 Å². The first-order valence-electron chi connectivity index (χ1n) is 0.189. The maximum atomic E-state index is 8.75. The Morgan fingerprint density at radius 1 is 1.25 bits per heavy atom. The monoisotopic (exact) mass is 121 g/mol. The van der Waals surface area contributed by atoms with Crippen molar-refractivity contribution in [2.75, 3.05) is 0 Å². The van der Waals surface area contributed by atoms with Gasteiger partial charge in [0, 0.05) is 34.4 Å². The van der Waals surface area contributed by atoms with Crippen LogP contribution < -0.4 is 0 Å². The summed E-state index contributed by atoms with van der Waals surface area (Å²) in [6.45, 7) is 0. The first-order chi connectivity index (χ1) is 1.00. The molecule has 0 aromatic heterocycles. The molecule has 0 heterocycles. The van der Waals surface area contributed by atoms with E-state index in [2.05, 4.69) is 7.18 Å². The Hall–Kier alpha value is 0.982. The summed E-state index contributed by atoms with van der Waals surface area (Å²) >= 11 is 0. The van der Waals surface area contributed by atoms with Crippen molar-refractivity contribution < 1.29 is 21.5 Å². The van der Waals surface area contributed by atoms with Gasteiger partial charge in [-0.25, -0.2) is 4.39 Å². The molecule has 0 saturated heterocycles. The third-order valence-corrected chi connectivity index (χ3v) is 0. The van der Waals surface area contributed by atoms with Gasteiger partial charge in [-0.3, -0.25) is 0 Å². The normalized spacial score (nSPS) is 1.50. The molecule has 0 aliphatic heterocycles. The van der Waals surface area contributed by atoms with Crippen molar-refractivity contribution >= 4 is 17.4 Å². The topological polar surface area (TPSA) is 0 Å². The Morgan fingerprint density at radius 2 is 1.25 bits per heavy atom. The van der Waals surface area contributed by atoms with E-state index in [1.165, 1.54) is 0 Å². The molecule has 0 N–H and O–H groups in total. The first-order valence-corrected chi connectivity index (χ1v) is 0.189. The van der Waals surface area contributed by atoms with Crippen LogP contribution in [0.15, 0.2) is 0 Å². The van der Waals surface area contributed by atoms with Gasteiger partial charge in [0.15, 0.2) is 0 Å². The molecular weight excluding hydrogens is 122 g/mol. The fourth-order valence-electron chi connectivity index (χ4n) is 0. The molecule has 0 rings (SSSR count). The smallest absolute Gasteiger partial charge is 0.232 e. The molecule has 3 heteroatoms. The van der Waals surface area contributed by atoms with Gasteiger partial charge in [-0.15, -0.1) is 0 Å². The van der Waals surface area contributed by atoms with Gasteiger partial charge in [0.2, 0.25) is 7.18 Å². The third-order valence-electron chi connectivity index (χ3n) is 0. The van der Waals surface area contributed by atoms with Crippen LogP contribution in [0.3, 0.4) is 0 Å². The second-order valence-corrected chi connectivity index (χ2v) is 0. The van der Waals surface area contributed by atoms with Crippen molar-refractivity contribution in [1.82, 2.24) is 0 Å². The Bertz CT molecular complexity index is 8.00. The summed E-state index contributed by atoms with van der Waals surface area (Å²) in [5.74, 6) is 0. The molecule has 0 aliphatic carbocycles. The predicted molar refractivity (Wildman–Crippen MR) is 10.1 cm³/mol. The van der Waals surface area contributed by atoms with Crippen LogP contribution in [0.2, 0.25) is 0 Å². The summed E-state index contributed by atoms with van der Waals surface area (Å²) in [5, 5.41) is 0. The van der Waals surface area contributed by atoms with E-state index in [1.807, 2.05) is 0 Å². The van der Waals surface area contributed by atoms with Crippen LogP contribution in [0.1, 0.15) is 0 Å². The summed E-state index contributed by atoms with van der Waals surface area (Å²) in [6.07, 6.45) is 0. The fraction of sp³-hybridized carbons (Fsp3) is 0. The second kappa shape index (κ2) is 36.7. The van der Waals surface area contributed by atoms with Gasteiger partial charge in [0.05, 0.1) is 0 Å². The van der Waals surface area contributed by atoms with Gasteiger partial charge in [0.1, 0.15) is 0 Å². The zero-order valence-corrected chi connectivity index (χ0v) is 3.85. The van der Waals surface area contributed by atoms with Gasteiger partial charge in [0.25, 0.3) is 0 Å². The van der Waals surface area contributed by atoms with E-state index in [9.17, 15) is 0 Å². The predicted octanol–water partition coefficient (Wildman–Crippen LogP) is 0.118. The average molecular weight is 122 g/mol. The minimum atomic E-state index is 0. The zero-order chi connectivity index (χ0) is 2.00. The van der Waals surface area contributed by atoms with Crippen LogP contribution in [0.25, 0.3) is 0 Å². The van der Waals surface area contributed by atoms with E-state index in [0.717, 1.165) is 0 Å². The standard InChI is InChI=1S/CF.Al.Cu/c1-2;;. The Kier molecular flexibility index (Phi) is 185. The van der Waals surface area contributed by atoms with Gasteiger partial charge in [-0.2, -0.15) is 0 Å². The van der Waals surface area contributed by atoms with Crippen LogP contribution in [0.4, 0.5) is 4.39 Å². The summed E-state index contributed by atoms with van der Waals surface area (Å²) in [4.78, 5) is 0. The van der Waals surface area contributed by atoms with E-state index in [1.54, 1.807) is 0 Å². The Labute approximate surface area is 46.4 Å². The van der Waals surface area contributed by atoms with Gasteiger partial charge < -0.3 is 0 Å². The van der Waals surface area contributed by atoms with Crippen LogP contribution in [0, 0.1) is 7.18 Å². The van der Waals surface area contributed by atoms with Crippen molar-refractivity contribution in [2.24, 2.45) is 0 Å². The number of hydrogen-bond acceptors (Lipinski definition) is 0. The van der Waals surface area contributed by atoms with Gasteiger partial charge >= 0.3 is 0 Å². The van der Waals surface area contributed by atoms with Crippen molar-refractivity contribution in [1.29, 1.82) is 0 Å². The minimum absolute atomic E-state index is 0. The summed E-state index contributed by atoms with van der Waals surface area (Å²) in [7, 11) is 4.25. The molecule has 0 aromatic carbocycles. The van der Waals surface area contributed by atoms with Crippen molar-refractivity contribution in [2.45, 2.75) is 0 Å². The molecule has 0 atom stereocenters. The van der Waals surface area contributed by atoms with E-state index < -0.39 is 0 Å². The molecule has 0 aliphatic rings. The molecule has 0 amide bonds. The summed E-state index contributed by atoms with van der Waals surface area (Å²) in [5.41, 5.74) is 0. The van der Waals surface area contributed by atoms with E-state index in [0.29, 0.717) is 0 Å². The van der Waals surface area contributed by atoms with Crippen molar-refractivity contribution in [3.05, 3.63) is 7.18 Å². The molecule has 25 valence electrons. The maximum Gasteiger partial charge on any atom is 0.232 e. The molecule has 0 nitrogen and oxygen atoms in total. The molecule has 0 spiro atoms. The summed E-state index contributed by atoms with van der Waals surface area (Å²) < 4.78 is 8.75. The quantitative estimate of drug-likeness (QED) is 0.400. The van der Waals surface area contributed by atoms with Crippen LogP contribution in [0.5, 0.6) is 0 Å². The Balaban J connectivity index is -0.00000000500. The summed E-state index contributed by atoms with van der Waals surface area (Å²) in [6, 6.07) is 0. The largest absolute Gasteiger partial charge is 0.232 e. The third kappa shape index (κ3) is 12.1. The number of hydrogen-bond donors (Lipinski definition) is 0. The van der Waals surface area contributed by atoms with Crippen molar-refractivity contribution in [3.63, 3.8) is 0 Å². The zero-order valence-electron chi connectivity index (χ0n) is 1.76. The molecule has 7 radical (unpaired) electrons. The SMILES string of the molecule is [Al].[C]F.[Cu]. The van der Waals surface area contributed by atoms with Crippen molar-refractivity contribution in [3.8, 4) is 0 Å². The molecule has 4 heavy (non-hydrogen) atoms. The van der Waals surface area contributed by atoms with Gasteiger partial charge in [-0.05, 0) is 0 Å².